The van der Waals surface area contributed by atoms with Crippen LogP contribution < -0.4 is 10.1 Å². The van der Waals surface area contributed by atoms with Crippen molar-refractivity contribution in [1.82, 2.24) is 5.32 Å². The summed E-state index contributed by atoms with van der Waals surface area (Å²) in [5, 5.41) is 9.07. The third-order valence-corrected chi connectivity index (χ3v) is 12.3. The summed E-state index contributed by atoms with van der Waals surface area (Å²) >= 11 is 0. The molecule has 2 heteroatoms. The van der Waals surface area contributed by atoms with Crippen molar-refractivity contribution in [3.05, 3.63) is 220 Å². The summed E-state index contributed by atoms with van der Waals surface area (Å²) < 4.78 is 7.14. The second kappa shape index (κ2) is 12.2. The van der Waals surface area contributed by atoms with Gasteiger partial charge < -0.3 is 10.1 Å². The van der Waals surface area contributed by atoms with E-state index in [4.69, 9.17) is 4.74 Å². The Morgan fingerprint density at radius 2 is 1.16 bits per heavy atom. The van der Waals surface area contributed by atoms with E-state index in [1.165, 1.54) is 77.2 Å². The van der Waals surface area contributed by atoms with Gasteiger partial charge in [-0.05, 0) is 95.8 Å². The van der Waals surface area contributed by atoms with Crippen molar-refractivity contribution < 1.29 is 4.74 Å². The number of hydrogen-bond acceptors (Lipinski definition) is 2. The Kier molecular flexibility index (Phi) is 7.13. The molecule has 268 valence electrons. The summed E-state index contributed by atoms with van der Waals surface area (Å²) in [6.07, 6.45) is 2.42. The van der Waals surface area contributed by atoms with Crippen molar-refractivity contribution in [1.29, 1.82) is 0 Å². The van der Waals surface area contributed by atoms with Crippen LogP contribution in [-0.4, -0.2) is 6.54 Å². The van der Waals surface area contributed by atoms with Crippen LogP contribution in [0.3, 0.4) is 0 Å². The predicted octanol–water partition coefficient (Wildman–Crippen LogP) is 13.3. The van der Waals surface area contributed by atoms with E-state index in [-0.39, 0.29) is 5.41 Å². The van der Waals surface area contributed by atoms with Gasteiger partial charge in [0, 0.05) is 28.8 Å². The van der Waals surface area contributed by atoms with Crippen LogP contribution in [0.15, 0.2) is 176 Å². The van der Waals surface area contributed by atoms with Crippen molar-refractivity contribution in [3.63, 3.8) is 0 Å². The number of ether oxygens (including phenoxy) is 1. The fourth-order valence-electron chi connectivity index (χ4n) is 9.67. The van der Waals surface area contributed by atoms with Crippen LogP contribution in [-0.2, 0) is 10.8 Å². The number of dihydropyridines is 1. The zero-order chi connectivity index (χ0) is 37.6. The molecular formula is C54H41NO. The number of hydrogen-bond donors (Lipinski definition) is 1. The molecule has 0 aromatic heterocycles. The Morgan fingerprint density at radius 3 is 1.96 bits per heavy atom. The number of para-hydroxylation sites is 2. The predicted molar refractivity (Wildman–Crippen MR) is 233 cm³/mol. The Morgan fingerprint density at radius 1 is 0.518 bits per heavy atom. The van der Waals surface area contributed by atoms with Crippen LogP contribution in [0.1, 0.15) is 65.3 Å². The summed E-state index contributed by atoms with van der Waals surface area (Å²) in [5.74, 6) is 1.80. The van der Waals surface area contributed by atoms with Crippen LogP contribution in [0.5, 0.6) is 11.5 Å². The summed E-state index contributed by atoms with van der Waals surface area (Å²) in [7, 11) is 0. The van der Waals surface area contributed by atoms with E-state index in [9.17, 15) is 0 Å². The van der Waals surface area contributed by atoms with Gasteiger partial charge in [-0.1, -0.05) is 172 Å². The average Bonchev–Trinajstić information content (AvgIpc) is 3.53. The first kappa shape index (κ1) is 32.8. The largest absolute Gasteiger partial charge is 0.456 e. The van der Waals surface area contributed by atoms with Gasteiger partial charge in [0.1, 0.15) is 11.5 Å². The van der Waals surface area contributed by atoms with Crippen molar-refractivity contribution >= 4 is 38.4 Å². The van der Waals surface area contributed by atoms with Crippen LogP contribution in [0, 0.1) is 0 Å². The van der Waals surface area contributed by atoms with Gasteiger partial charge in [-0.15, -0.1) is 0 Å². The molecule has 0 saturated heterocycles. The smallest absolute Gasteiger partial charge is 0.141 e. The van der Waals surface area contributed by atoms with E-state index in [1.807, 2.05) is 0 Å². The Hall–Kier alpha value is -6.64. The van der Waals surface area contributed by atoms with Crippen LogP contribution >= 0.6 is 0 Å². The lowest BCUT2D eigenvalue weighted by Crippen LogP contribution is -2.33. The highest BCUT2D eigenvalue weighted by Crippen LogP contribution is 2.63. The van der Waals surface area contributed by atoms with E-state index in [2.05, 4.69) is 202 Å². The molecule has 0 saturated carbocycles. The maximum atomic E-state index is 7.14. The van der Waals surface area contributed by atoms with Gasteiger partial charge >= 0.3 is 0 Å². The Balaban J connectivity index is 1.16. The molecule has 1 N–H and O–H groups in total. The van der Waals surface area contributed by atoms with Crippen molar-refractivity contribution in [2.75, 3.05) is 6.54 Å². The van der Waals surface area contributed by atoms with Crippen molar-refractivity contribution in [2.45, 2.75) is 31.6 Å². The quantitative estimate of drug-likeness (QED) is 0.184. The van der Waals surface area contributed by atoms with E-state index in [0.29, 0.717) is 6.54 Å². The molecule has 2 nitrogen and oxygen atoms in total. The normalized spacial score (nSPS) is 15.1. The first-order valence-corrected chi connectivity index (χ1v) is 19.7. The molecule has 2 aliphatic heterocycles. The number of allylic oxidation sites excluding steroid dienone is 2. The Labute approximate surface area is 328 Å². The van der Waals surface area contributed by atoms with Crippen molar-refractivity contribution in [2.24, 2.45) is 0 Å². The number of rotatable bonds is 3. The molecule has 1 aliphatic carbocycles. The molecule has 0 amide bonds. The SMILES string of the molecule is CC(C)(C)c1cccc(C2=C(c3cccc4c3Oc3ccccc3C43c4ccccc4-c4ccccc43)NCC(c3ccc4c(ccc5ccccc54)c3)=C2)c1. The van der Waals surface area contributed by atoms with Crippen LogP contribution in [0.2, 0.25) is 0 Å². The summed E-state index contributed by atoms with van der Waals surface area (Å²) in [4.78, 5) is 0. The topological polar surface area (TPSA) is 21.3 Å². The zero-order valence-electron chi connectivity index (χ0n) is 31.9. The standard InChI is InChI=1S/C54H41NO/c1-53(2,3)39-16-12-15-36(31-39)45-32-38(35-28-29-41-37(30-35)27-26-34-14-4-5-17-40(34)41)33-55-51(45)44-20-13-24-49-52(44)56-50-25-11-10-23-48(50)54(49)46-21-8-6-18-42(46)43-19-7-9-22-47(43)54/h4-32,55H,33H2,1-3H3. The highest BCUT2D eigenvalue weighted by molar-refractivity contribution is 6.09. The maximum absolute atomic E-state index is 7.14. The summed E-state index contributed by atoms with van der Waals surface area (Å²) in [5.41, 5.74) is 15.2. The molecule has 0 fully saturated rings. The molecule has 2 heterocycles. The van der Waals surface area contributed by atoms with E-state index in [0.717, 1.165) is 28.3 Å². The molecule has 11 rings (SSSR count). The molecule has 56 heavy (non-hydrogen) atoms. The minimum atomic E-state index is -0.523. The molecular weight excluding hydrogens is 679 g/mol. The van der Waals surface area contributed by atoms with Gasteiger partial charge in [0.15, 0.2) is 0 Å². The minimum absolute atomic E-state index is 0.000855. The van der Waals surface area contributed by atoms with E-state index >= 15 is 0 Å². The third-order valence-electron chi connectivity index (χ3n) is 12.3. The average molecular weight is 720 g/mol. The zero-order valence-corrected chi connectivity index (χ0v) is 31.9. The van der Waals surface area contributed by atoms with E-state index < -0.39 is 5.41 Å². The third kappa shape index (κ3) is 4.75. The first-order valence-electron chi connectivity index (χ1n) is 19.7. The van der Waals surface area contributed by atoms with Crippen LogP contribution in [0.25, 0.3) is 49.5 Å². The van der Waals surface area contributed by atoms with Gasteiger partial charge in [0.2, 0.25) is 0 Å². The molecule has 1 spiro atoms. The van der Waals surface area contributed by atoms with Crippen molar-refractivity contribution in [3.8, 4) is 22.6 Å². The van der Waals surface area contributed by atoms with Crippen LogP contribution in [0.4, 0.5) is 0 Å². The number of nitrogens with one attached hydrogen (secondary N) is 1. The monoisotopic (exact) mass is 719 g/mol. The van der Waals surface area contributed by atoms with Gasteiger partial charge in [-0.2, -0.15) is 0 Å². The lowest BCUT2D eigenvalue weighted by atomic mass is 9.65. The summed E-state index contributed by atoms with van der Waals surface area (Å²) in [6.45, 7) is 7.55. The Bertz CT molecular complexity index is 2940. The molecule has 8 aromatic rings. The molecule has 3 aliphatic rings. The number of benzene rings is 8. The fraction of sp³-hybridized carbons (Fsp3) is 0.111. The molecule has 0 bridgehead atoms. The molecule has 0 atom stereocenters. The highest BCUT2D eigenvalue weighted by atomic mass is 16.5. The maximum Gasteiger partial charge on any atom is 0.141 e. The highest BCUT2D eigenvalue weighted by Gasteiger charge is 2.51. The van der Waals surface area contributed by atoms with Gasteiger partial charge in [-0.3, -0.25) is 0 Å². The first-order chi connectivity index (χ1) is 27.4. The minimum Gasteiger partial charge on any atom is -0.456 e. The fourth-order valence-corrected chi connectivity index (χ4v) is 9.67. The second-order valence-corrected chi connectivity index (χ2v) is 16.5. The van der Waals surface area contributed by atoms with Gasteiger partial charge in [-0.25, -0.2) is 0 Å². The lowest BCUT2D eigenvalue weighted by molar-refractivity contribution is 0.434. The van der Waals surface area contributed by atoms with E-state index in [1.54, 1.807) is 0 Å². The second-order valence-electron chi connectivity index (χ2n) is 16.5. The lowest BCUT2D eigenvalue weighted by Gasteiger charge is -2.40. The molecule has 0 radical (unpaired) electrons. The molecule has 0 unspecified atom stereocenters. The molecule has 8 aromatic carbocycles. The van der Waals surface area contributed by atoms with Gasteiger partial charge in [0.25, 0.3) is 0 Å². The summed E-state index contributed by atoms with van der Waals surface area (Å²) in [6, 6.07) is 62.4. The van der Waals surface area contributed by atoms with Gasteiger partial charge in [0.05, 0.1) is 11.1 Å². The number of fused-ring (bicyclic) bond motifs is 12.